The molecule has 2 fully saturated rings. The summed E-state index contributed by atoms with van der Waals surface area (Å²) in [6.45, 7) is 5.31. The molecular weight excluding hydrogens is 1260 g/mol. The fraction of sp³-hybridized carbons (Fsp3) is 0.333. The van der Waals surface area contributed by atoms with Gasteiger partial charge >= 0.3 is 27.4 Å². The minimum Gasteiger partial charge on any atom is -0.505 e. The molecule has 8 aromatic rings. The van der Waals surface area contributed by atoms with Crippen LogP contribution < -0.4 is 14.2 Å². The predicted octanol–water partition coefficient (Wildman–Crippen LogP) is 12.4. The SMILES string of the molecule is C.C.COP(=O)(CCN1CCN(C(=O)Oc2c3c(c(O)c4ncccc24)C(=O)N(Cc2ccc(F)cc2)C3)CC1)OC.COP(=O)(CCN1CCN(C(=O)Oc2c3c(c(OC(c4ccccc4)c4ccccc4)c4ncccc24)C(=O)N(Cc2ccc(F)cc2)C3)CC1)OC. The maximum absolute atomic E-state index is 14.5. The van der Waals surface area contributed by atoms with Crippen LogP contribution >= 0.6 is 15.2 Å². The summed E-state index contributed by atoms with van der Waals surface area (Å²) in [6, 6.07) is 38.2. The zero-order valence-electron chi connectivity index (χ0n) is 51.7. The molecule has 95 heavy (non-hydrogen) atoms. The molecule has 0 bridgehead atoms. The number of hydrogen-bond donors (Lipinski definition) is 1. The normalized spacial score (nSPS) is 15.1. The highest BCUT2D eigenvalue weighted by atomic mass is 31.2. The second-order valence-electron chi connectivity index (χ2n) is 22.5. The summed E-state index contributed by atoms with van der Waals surface area (Å²) < 4.78 is 91.3. The first-order valence-electron chi connectivity index (χ1n) is 30.2. The number of aromatic hydroxyl groups is 1. The number of carbonyl (C=O) groups is 4. The summed E-state index contributed by atoms with van der Waals surface area (Å²) in [7, 11) is -0.829. The van der Waals surface area contributed by atoms with Crippen molar-refractivity contribution in [1.29, 1.82) is 0 Å². The molecule has 0 spiro atoms. The molecule has 4 aliphatic rings. The van der Waals surface area contributed by atoms with Crippen molar-refractivity contribution in [3.8, 4) is 23.0 Å². The molecule has 6 aromatic carbocycles. The number of benzene rings is 6. The summed E-state index contributed by atoms with van der Waals surface area (Å²) in [5.74, 6) is -1.05. The first-order valence-corrected chi connectivity index (χ1v) is 33.6. The monoisotopic (exact) mass is 1340 g/mol. The molecule has 26 heteroatoms. The Morgan fingerprint density at radius 3 is 1.33 bits per heavy atom. The number of carbonyl (C=O) groups excluding carboxylic acids is 4. The highest BCUT2D eigenvalue weighted by Crippen LogP contribution is 2.49. The van der Waals surface area contributed by atoms with Crippen LogP contribution in [0.4, 0.5) is 18.4 Å². The minimum absolute atomic E-state index is 0. The first kappa shape index (κ1) is 70.6. The van der Waals surface area contributed by atoms with Crippen LogP contribution in [0.15, 0.2) is 146 Å². The summed E-state index contributed by atoms with van der Waals surface area (Å²) in [6.07, 6.45) is 1.86. The zero-order valence-corrected chi connectivity index (χ0v) is 53.5. The Kier molecular flexibility index (Phi) is 23.2. The molecule has 6 heterocycles. The lowest BCUT2D eigenvalue weighted by molar-refractivity contribution is 0.0755. The Hall–Kier alpha value is -8.70. The first-order chi connectivity index (χ1) is 45.0. The number of halogens is 2. The van der Waals surface area contributed by atoms with Crippen LogP contribution in [-0.2, 0) is 53.4 Å². The van der Waals surface area contributed by atoms with Crippen molar-refractivity contribution in [3.05, 3.63) is 202 Å². The Morgan fingerprint density at radius 1 is 0.516 bits per heavy atom. The molecule has 0 atom stereocenters. The Morgan fingerprint density at radius 2 is 0.905 bits per heavy atom. The summed E-state index contributed by atoms with van der Waals surface area (Å²) in [5, 5.41) is 11.9. The van der Waals surface area contributed by atoms with E-state index in [0.717, 1.165) is 16.7 Å². The molecule has 12 rings (SSSR count). The molecule has 4 amide bonds. The molecular formula is C69H78F2N8O14P2. The number of ether oxygens (including phenoxy) is 3. The van der Waals surface area contributed by atoms with Gasteiger partial charge in [0.15, 0.2) is 11.5 Å². The van der Waals surface area contributed by atoms with Crippen LogP contribution in [0, 0.1) is 11.6 Å². The van der Waals surface area contributed by atoms with E-state index in [4.69, 9.17) is 37.3 Å². The number of rotatable bonds is 20. The lowest BCUT2D eigenvalue weighted by Gasteiger charge is -2.34. The van der Waals surface area contributed by atoms with E-state index in [0.29, 0.717) is 98.4 Å². The van der Waals surface area contributed by atoms with Crippen molar-refractivity contribution < 1.29 is 74.5 Å². The fourth-order valence-corrected chi connectivity index (χ4v) is 13.9. The number of fused-ring (bicyclic) bond motifs is 4. The predicted molar refractivity (Wildman–Crippen MR) is 355 cm³/mol. The highest BCUT2D eigenvalue weighted by Gasteiger charge is 2.41. The molecule has 0 saturated carbocycles. The standard InChI is InChI=1S/C40H40FN4O7P.C27H30FN4O7P.2CH4/c1-49-53(48,50-2)25-24-43-20-22-44(23-21-43)40(47)52-37-32-14-9-19-42-35(32)38(51-36(29-10-5-3-6-11-29)30-12-7-4-8-13-30)34-33(37)27-45(39(34)46)26-28-15-17-31(41)18-16-28;1-37-40(36,38-2)15-14-30-10-12-31(13-11-30)27(35)39-25-20-4-3-9-29-23(20)24(33)22-21(25)17-32(26(22)34)16-18-5-7-19(28)8-6-18;;/h3-19,36H,20-27H2,1-2H3;3-9,33H,10-17H2,1-2H3;2*1H4. The van der Waals surface area contributed by atoms with Crippen LogP contribution in [0.1, 0.15) is 75.1 Å². The molecule has 2 aromatic heterocycles. The lowest BCUT2D eigenvalue weighted by Crippen LogP contribution is -2.50. The van der Waals surface area contributed by atoms with Gasteiger partial charge in [-0.25, -0.2) is 18.4 Å². The number of aromatic nitrogens is 2. The van der Waals surface area contributed by atoms with Crippen LogP contribution in [0.2, 0.25) is 0 Å². The molecule has 0 aliphatic carbocycles. The lowest BCUT2D eigenvalue weighted by atomic mass is 9.99. The third-order valence-electron chi connectivity index (χ3n) is 17.0. The largest absolute Gasteiger partial charge is 0.505 e. The van der Waals surface area contributed by atoms with Crippen LogP contribution in [0.3, 0.4) is 0 Å². The molecule has 22 nitrogen and oxygen atoms in total. The third-order valence-corrected chi connectivity index (χ3v) is 20.7. The molecule has 0 radical (unpaired) electrons. The number of nitrogens with zero attached hydrogens (tertiary/aromatic N) is 8. The van der Waals surface area contributed by atoms with Gasteiger partial charge in [0.1, 0.15) is 40.3 Å². The van der Waals surface area contributed by atoms with E-state index in [2.05, 4.69) is 14.8 Å². The average Bonchev–Trinajstić information content (AvgIpc) is 1.66. The number of piperazine rings is 2. The van der Waals surface area contributed by atoms with E-state index in [1.165, 1.54) is 63.8 Å². The number of pyridine rings is 2. The van der Waals surface area contributed by atoms with Gasteiger partial charge in [0.2, 0.25) is 0 Å². The van der Waals surface area contributed by atoms with Gasteiger partial charge in [0, 0.05) is 141 Å². The highest BCUT2D eigenvalue weighted by molar-refractivity contribution is 7.54. The number of phenols is 1. The van der Waals surface area contributed by atoms with E-state index in [1.807, 2.05) is 66.7 Å². The van der Waals surface area contributed by atoms with Gasteiger partial charge in [-0.1, -0.05) is 99.8 Å². The van der Waals surface area contributed by atoms with Gasteiger partial charge in [0.05, 0.1) is 36.5 Å². The topological polar surface area (TPSA) is 232 Å². The molecule has 502 valence electrons. The minimum atomic E-state index is -3.15. The maximum Gasteiger partial charge on any atom is 0.415 e. The van der Waals surface area contributed by atoms with E-state index in [9.17, 15) is 42.2 Å². The van der Waals surface area contributed by atoms with Gasteiger partial charge in [-0.15, -0.1) is 0 Å². The van der Waals surface area contributed by atoms with Gasteiger partial charge in [-0.2, -0.15) is 0 Å². The van der Waals surface area contributed by atoms with Gasteiger partial charge in [-0.05, 0) is 70.8 Å². The molecule has 1 N–H and O–H groups in total. The summed E-state index contributed by atoms with van der Waals surface area (Å²) >= 11 is 0. The summed E-state index contributed by atoms with van der Waals surface area (Å²) in [4.78, 5) is 74.4. The fourth-order valence-electron chi connectivity index (χ4n) is 11.8. The number of hydrogen-bond acceptors (Lipinski definition) is 18. The van der Waals surface area contributed by atoms with Crippen LogP contribution in [-0.4, -0.2) is 175 Å². The van der Waals surface area contributed by atoms with Crippen molar-refractivity contribution in [3.63, 3.8) is 0 Å². The van der Waals surface area contributed by atoms with Crippen molar-refractivity contribution in [2.45, 2.75) is 47.1 Å². The molecule has 4 aliphatic heterocycles. The van der Waals surface area contributed by atoms with E-state index in [1.54, 1.807) is 63.4 Å². The van der Waals surface area contributed by atoms with E-state index in [-0.39, 0.29) is 111 Å². The van der Waals surface area contributed by atoms with E-state index < -0.39 is 39.4 Å². The van der Waals surface area contributed by atoms with Crippen molar-refractivity contribution in [2.24, 2.45) is 0 Å². The Bertz CT molecular complexity index is 4070. The second kappa shape index (κ2) is 31.2. The number of phenolic OH excluding ortho intramolecular Hbond substituents is 1. The van der Waals surface area contributed by atoms with Crippen molar-refractivity contribution in [2.75, 3.05) is 106 Å². The van der Waals surface area contributed by atoms with E-state index >= 15 is 0 Å². The Labute approximate surface area is 550 Å². The van der Waals surface area contributed by atoms with Crippen molar-refractivity contribution in [1.82, 2.24) is 39.4 Å². The van der Waals surface area contributed by atoms with Crippen LogP contribution in [0.5, 0.6) is 23.0 Å². The smallest absolute Gasteiger partial charge is 0.415 e. The maximum atomic E-state index is 14.5. The van der Waals surface area contributed by atoms with Gasteiger partial charge in [0.25, 0.3) is 11.8 Å². The summed E-state index contributed by atoms with van der Waals surface area (Å²) in [5.41, 5.74) is 4.98. The molecule has 0 unspecified atom stereocenters. The zero-order chi connectivity index (χ0) is 65.4. The van der Waals surface area contributed by atoms with Gasteiger partial charge < -0.3 is 57.0 Å². The van der Waals surface area contributed by atoms with Crippen LogP contribution in [0.25, 0.3) is 21.8 Å². The van der Waals surface area contributed by atoms with Gasteiger partial charge in [-0.3, -0.25) is 38.5 Å². The quantitative estimate of drug-likeness (QED) is 0.0699. The van der Waals surface area contributed by atoms with Crippen molar-refractivity contribution >= 4 is 61.0 Å². The number of amides is 4. The Balaban J connectivity index is 0.000000227. The average molecular weight is 1340 g/mol. The molecule has 2 saturated heterocycles. The third kappa shape index (κ3) is 15.8. The second-order valence-corrected chi connectivity index (χ2v) is 27.3.